The van der Waals surface area contributed by atoms with Crippen molar-refractivity contribution < 1.29 is 59.5 Å². The van der Waals surface area contributed by atoms with Crippen molar-refractivity contribution in [3.05, 3.63) is 0 Å². The standard InChI is InChI=1S/C28H52O12/c1-2-3-4-5-6-7-8-9-10-11-12-13-14-15-21(31)37-17-20-23(33)26(36)28(18-30,39-20)40-27-25(35)24(34)22(32)19(16-29)38-27/h19-20,22-27,29-30,32-36H,2-18H2,1H3/t19-,20+,22+,23-,24+,25+,26-,27-,28-/m1/s1. The highest BCUT2D eigenvalue weighted by molar-refractivity contribution is 5.69. The molecule has 12 heteroatoms. The molecule has 0 saturated carbocycles. The number of hydrogen-bond donors (Lipinski definition) is 7. The van der Waals surface area contributed by atoms with Crippen molar-refractivity contribution in [2.24, 2.45) is 0 Å². The lowest BCUT2D eigenvalue weighted by molar-refractivity contribution is -0.383. The molecule has 0 spiro atoms. The normalized spacial score (nSPS) is 34.3. The molecule has 2 aliphatic heterocycles. The topological polar surface area (TPSA) is 196 Å². The minimum absolute atomic E-state index is 0.204. The first-order valence-corrected chi connectivity index (χ1v) is 15.0. The maximum absolute atomic E-state index is 12.2. The first kappa shape index (κ1) is 35.3. The third kappa shape index (κ3) is 10.4. The number of carbonyl (C=O) groups is 1. The van der Waals surface area contributed by atoms with Gasteiger partial charge < -0.3 is 54.7 Å². The molecule has 2 rings (SSSR count). The summed E-state index contributed by atoms with van der Waals surface area (Å²) < 4.78 is 21.4. The Balaban J connectivity index is 1.65. The van der Waals surface area contributed by atoms with E-state index < -0.39 is 80.6 Å². The van der Waals surface area contributed by atoms with Gasteiger partial charge in [0.2, 0.25) is 5.79 Å². The van der Waals surface area contributed by atoms with Crippen LogP contribution in [0.2, 0.25) is 0 Å². The van der Waals surface area contributed by atoms with E-state index in [1.54, 1.807) is 0 Å². The van der Waals surface area contributed by atoms with Crippen LogP contribution in [-0.2, 0) is 23.7 Å². The van der Waals surface area contributed by atoms with Gasteiger partial charge in [0.25, 0.3) is 0 Å². The van der Waals surface area contributed by atoms with Gasteiger partial charge in [0.15, 0.2) is 6.29 Å². The summed E-state index contributed by atoms with van der Waals surface area (Å²) in [4.78, 5) is 12.2. The van der Waals surface area contributed by atoms with E-state index in [0.717, 1.165) is 19.3 Å². The fourth-order valence-electron chi connectivity index (χ4n) is 5.15. The van der Waals surface area contributed by atoms with Crippen LogP contribution in [0.1, 0.15) is 96.8 Å². The zero-order valence-corrected chi connectivity index (χ0v) is 23.8. The van der Waals surface area contributed by atoms with E-state index in [9.17, 15) is 40.5 Å². The Morgan fingerprint density at radius 3 is 1.80 bits per heavy atom. The van der Waals surface area contributed by atoms with Crippen molar-refractivity contribution in [1.29, 1.82) is 0 Å². The average molecular weight is 581 g/mol. The second-order valence-electron chi connectivity index (χ2n) is 11.1. The van der Waals surface area contributed by atoms with Gasteiger partial charge >= 0.3 is 5.97 Å². The number of rotatable bonds is 20. The number of ether oxygens (including phenoxy) is 4. The van der Waals surface area contributed by atoms with Gasteiger partial charge in [-0.15, -0.1) is 0 Å². The van der Waals surface area contributed by atoms with Crippen LogP contribution in [-0.4, -0.2) is 116 Å². The van der Waals surface area contributed by atoms with Gasteiger partial charge in [-0.2, -0.15) is 0 Å². The van der Waals surface area contributed by atoms with E-state index in [0.29, 0.717) is 6.42 Å². The Hall–Kier alpha value is -0.930. The molecule has 0 aromatic rings. The SMILES string of the molecule is CCCCCCCCCCCCCCCC(=O)OC[C@@H]1O[C@](CO)(O[C@H]2O[C@H](CO)[C@H](O)[C@H](O)[C@@H]2O)[C@H](O)[C@@H]1O. The first-order valence-electron chi connectivity index (χ1n) is 15.0. The maximum atomic E-state index is 12.2. The minimum Gasteiger partial charge on any atom is -0.463 e. The molecule has 0 bridgehead atoms. The number of unbranched alkanes of at least 4 members (excludes halogenated alkanes) is 12. The second kappa shape index (κ2) is 18.6. The summed E-state index contributed by atoms with van der Waals surface area (Å²) >= 11 is 0. The highest BCUT2D eigenvalue weighted by Crippen LogP contribution is 2.36. The van der Waals surface area contributed by atoms with Crippen LogP contribution >= 0.6 is 0 Å². The van der Waals surface area contributed by atoms with Crippen molar-refractivity contribution in [2.75, 3.05) is 19.8 Å². The fraction of sp³-hybridized carbons (Fsp3) is 0.964. The summed E-state index contributed by atoms with van der Waals surface area (Å²) in [5.41, 5.74) is 0. The van der Waals surface area contributed by atoms with Crippen LogP contribution in [0.4, 0.5) is 0 Å². The lowest BCUT2D eigenvalue weighted by Crippen LogP contribution is -2.62. The van der Waals surface area contributed by atoms with Gasteiger partial charge in [0.05, 0.1) is 6.61 Å². The molecule has 0 unspecified atom stereocenters. The number of carbonyl (C=O) groups excluding carboxylic acids is 1. The molecule has 236 valence electrons. The Bertz CT molecular complexity index is 694. The number of hydrogen-bond acceptors (Lipinski definition) is 12. The lowest BCUT2D eigenvalue weighted by Gasteiger charge is -2.43. The smallest absolute Gasteiger partial charge is 0.305 e. The second-order valence-corrected chi connectivity index (χ2v) is 11.1. The van der Waals surface area contributed by atoms with Gasteiger partial charge in [-0.3, -0.25) is 4.79 Å². The summed E-state index contributed by atoms with van der Waals surface area (Å²) in [5.74, 6) is -2.76. The Morgan fingerprint density at radius 2 is 1.27 bits per heavy atom. The van der Waals surface area contributed by atoms with E-state index in [4.69, 9.17) is 18.9 Å². The van der Waals surface area contributed by atoms with Crippen LogP contribution in [0, 0.1) is 0 Å². The largest absolute Gasteiger partial charge is 0.463 e. The summed E-state index contributed by atoms with van der Waals surface area (Å²) in [6.45, 7) is 0.129. The monoisotopic (exact) mass is 580 g/mol. The molecule has 2 saturated heterocycles. The van der Waals surface area contributed by atoms with E-state index >= 15 is 0 Å². The number of esters is 1. The van der Waals surface area contributed by atoms with Gasteiger partial charge in [-0.1, -0.05) is 84.0 Å². The highest BCUT2D eigenvalue weighted by atomic mass is 16.8. The molecule has 0 aromatic heterocycles. The molecule has 40 heavy (non-hydrogen) atoms. The molecule has 7 N–H and O–H groups in total. The fourth-order valence-corrected chi connectivity index (χ4v) is 5.15. The molecule has 2 aliphatic rings. The Morgan fingerprint density at radius 1 is 0.725 bits per heavy atom. The summed E-state index contributed by atoms with van der Waals surface area (Å²) in [5, 5.41) is 70.3. The lowest BCUT2D eigenvalue weighted by atomic mass is 9.99. The van der Waals surface area contributed by atoms with Crippen LogP contribution in [0.5, 0.6) is 0 Å². The molecule has 0 aliphatic carbocycles. The molecule has 2 fully saturated rings. The van der Waals surface area contributed by atoms with Gasteiger partial charge in [0.1, 0.15) is 55.9 Å². The predicted octanol–water partition coefficient (Wildman–Crippen LogP) is 0.637. The maximum Gasteiger partial charge on any atom is 0.305 e. The zero-order chi connectivity index (χ0) is 29.5. The minimum atomic E-state index is -2.28. The zero-order valence-electron chi connectivity index (χ0n) is 23.8. The summed E-state index contributed by atoms with van der Waals surface area (Å²) in [7, 11) is 0. The number of aliphatic hydroxyl groups excluding tert-OH is 7. The Labute approximate surface area is 237 Å². The molecule has 2 heterocycles. The van der Waals surface area contributed by atoms with E-state index in [2.05, 4.69) is 6.92 Å². The molecule has 0 aromatic carbocycles. The van der Waals surface area contributed by atoms with Crippen LogP contribution in [0.3, 0.4) is 0 Å². The van der Waals surface area contributed by atoms with Gasteiger partial charge in [-0.05, 0) is 6.42 Å². The van der Waals surface area contributed by atoms with E-state index in [1.165, 1.54) is 57.8 Å². The molecule has 12 nitrogen and oxygen atoms in total. The van der Waals surface area contributed by atoms with Crippen molar-refractivity contribution in [1.82, 2.24) is 0 Å². The Kier molecular flexibility index (Phi) is 16.4. The van der Waals surface area contributed by atoms with Crippen molar-refractivity contribution in [3.63, 3.8) is 0 Å². The summed E-state index contributed by atoms with van der Waals surface area (Å²) in [6, 6.07) is 0. The molecular weight excluding hydrogens is 528 g/mol. The summed E-state index contributed by atoms with van der Waals surface area (Å²) in [6.07, 6.45) is 2.77. The quantitative estimate of drug-likeness (QED) is 0.0785. The molecule has 0 amide bonds. The van der Waals surface area contributed by atoms with Crippen LogP contribution in [0.15, 0.2) is 0 Å². The molecular formula is C28H52O12. The van der Waals surface area contributed by atoms with Crippen molar-refractivity contribution >= 4 is 5.97 Å². The number of aliphatic hydroxyl groups is 7. The van der Waals surface area contributed by atoms with Crippen LogP contribution in [0.25, 0.3) is 0 Å². The first-order chi connectivity index (χ1) is 19.2. The third-order valence-electron chi connectivity index (χ3n) is 7.78. The average Bonchev–Trinajstić information content (AvgIpc) is 3.19. The third-order valence-corrected chi connectivity index (χ3v) is 7.78. The van der Waals surface area contributed by atoms with E-state index in [-0.39, 0.29) is 6.42 Å². The van der Waals surface area contributed by atoms with Crippen LogP contribution < -0.4 is 0 Å². The highest BCUT2D eigenvalue weighted by Gasteiger charge is 2.58. The molecule has 0 radical (unpaired) electrons. The molecule has 9 atom stereocenters. The van der Waals surface area contributed by atoms with E-state index in [1.807, 2.05) is 0 Å². The van der Waals surface area contributed by atoms with Gasteiger partial charge in [-0.25, -0.2) is 0 Å². The van der Waals surface area contributed by atoms with Gasteiger partial charge in [0, 0.05) is 6.42 Å². The predicted molar refractivity (Wildman–Crippen MR) is 143 cm³/mol. The van der Waals surface area contributed by atoms with Crippen molar-refractivity contribution in [3.8, 4) is 0 Å². The van der Waals surface area contributed by atoms with Crippen molar-refractivity contribution in [2.45, 2.75) is 152 Å².